The van der Waals surface area contributed by atoms with E-state index in [0.717, 1.165) is 18.8 Å². The van der Waals surface area contributed by atoms with Crippen LogP contribution in [0.15, 0.2) is 60.0 Å². The molecule has 32 heavy (non-hydrogen) atoms. The number of hydrogen-bond acceptors (Lipinski definition) is 6. The van der Waals surface area contributed by atoms with Gasteiger partial charge in [-0.1, -0.05) is 35.5 Å². The minimum Gasteiger partial charge on any atom is -0.368 e. The second-order valence-electron chi connectivity index (χ2n) is 7.40. The zero-order chi connectivity index (χ0) is 22.5. The number of nitrogens with zero attached hydrogens (tertiary/aromatic N) is 5. The van der Waals surface area contributed by atoms with Gasteiger partial charge >= 0.3 is 0 Å². The third kappa shape index (κ3) is 5.41. The summed E-state index contributed by atoms with van der Waals surface area (Å²) in [4.78, 5) is 29.4. The lowest BCUT2D eigenvalue weighted by Crippen LogP contribution is -2.48. The molecule has 1 N–H and O–H groups in total. The minimum atomic E-state index is -0.169. The minimum absolute atomic E-state index is 0.0414. The van der Waals surface area contributed by atoms with Gasteiger partial charge in [-0.15, -0.1) is 10.2 Å². The van der Waals surface area contributed by atoms with Crippen molar-refractivity contribution in [3.05, 3.63) is 65.4 Å². The molecule has 1 fully saturated rings. The fraction of sp³-hybridized carbons (Fsp3) is 0.273. The fourth-order valence-corrected chi connectivity index (χ4v) is 4.36. The van der Waals surface area contributed by atoms with Crippen LogP contribution in [0.5, 0.6) is 0 Å². The molecule has 0 radical (unpaired) electrons. The Hall–Kier alpha value is -3.04. The molecule has 2 heterocycles. The molecule has 10 heteroatoms. The zero-order valence-electron chi connectivity index (χ0n) is 17.6. The first-order chi connectivity index (χ1) is 15.5. The Kier molecular flexibility index (Phi) is 6.96. The van der Waals surface area contributed by atoms with E-state index >= 15 is 0 Å². The van der Waals surface area contributed by atoms with Gasteiger partial charge in [-0.05, 0) is 36.4 Å². The van der Waals surface area contributed by atoms with Crippen molar-refractivity contribution >= 4 is 46.6 Å². The Morgan fingerprint density at radius 1 is 1.09 bits per heavy atom. The molecule has 0 unspecified atom stereocenters. The van der Waals surface area contributed by atoms with Crippen LogP contribution in [0.3, 0.4) is 0 Å². The molecule has 1 aliphatic rings. The molecule has 1 aromatic heterocycles. The second kappa shape index (κ2) is 10.1. The quantitative estimate of drug-likeness (QED) is 0.557. The van der Waals surface area contributed by atoms with Gasteiger partial charge in [0.25, 0.3) is 5.91 Å². The molecule has 4 rings (SSSR count). The molecule has 0 atom stereocenters. The molecule has 0 aliphatic carbocycles. The average molecular weight is 471 g/mol. The summed E-state index contributed by atoms with van der Waals surface area (Å²) in [6.07, 6.45) is 1.59. The summed E-state index contributed by atoms with van der Waals surface area (Å²) in [5.74, 6) is -0.00562. The standard InChI is InChI=1S/C22H23ClN6O2S/c1-27-15-24-26-22(27)32-14-20(30)25-18-6-2-4-16(12-18)21(31)29-10-8-28(9-11-29)19-7-3-5-17(23)13-19/h2-7,12-13,15H,8-11,14H2,1H3,(H,25,30). The summed E-state index contributed by atoms with van der Waals surface area (Å²) in [6, 6.07) is 14.8. The Bertz CT molecular complexity index is 1110. The number of thioether (sulfide) groups is 1. The third-order valence-corrected chi connectivity index (χ3v) is 6.41. The summed E-state index contributed by atoms with van der Waals surface area (Å²) in [7, 11) is 1.82. The van der Waals surface area contributed by atoms with Crippen LogP contribution < -0.4 is 10.2 Å². The van der Waals surface area contributed by atoms with Crippen molar-refractivity contribution in [2.75, 3.05) is 42.1 Å². The van der Waals surface area contributed by atoms with Crippen molar-refractivity contribution in [1.82, 2.24) is 19.7 Å². The first-order valence-electron chi connectivity index (χ1n) is 10.2. The van der Waals surface area contributed by atoms with Crippen LogP contribution in [0, 0.1) is 0 Å². The van der Waals surface area contributed by atoms with Gasteiger partial charge in [-0.3, -0.25) is 9.59 Å². The first-order valence-corrected chi connectivity index (χ1v) is 11.5. The monoisotopic (exact) mass is 470 g/mol. The van der Waals surface area contributed by atoms with Gasteiger partial charge in [0.05, 0.1) is 5.75 Å². The summed E-state index contributed by atoms with van der Waals surface area (Å²) in [5.41, 5.74) is 2.21. The number of piperazine rings is 1. The van der Waals surface area contributed by atoms with Gasteiger partial charge in [0.2, 0.25) is 5.91 Å². The number of hydrogen-bond donors (Lipinski definition) is 1. The van der Waals surface area contributed by atoms with E-state index in [1.165, 1.54) is 11.8 Å². The van der Waals surface area contributed by atoms with Gasteiger partial charge in [0.1, 0.15) is 6.33 Å². The summed E-state index contributed by atoms with van der Waals surface area (Å²) in [6.45, 7) is 2.72. The first kappa shape index (κ1) is 22.2. The third-order valence-electron chi connectivity index (χ3n) is 5.14. The Morgan fingerprint density at radius 3 is 2.59 bits per heavy atom. The highest BCUT2D eigenvalue weighted by molar-refractivity contribution is 7.99. The van der Waals surface area contributed by atoms with Crippen LogP contribution in [0.2, 0.25) is 5.02 Å². The van der Waals surface area contributed by atoms with Crippen molar-refractivity contribution in [2.24, 2.45) is 7.05 Å². The number of rotatable bonds is 6. The lowest BCUT2D eigenvalue weighted by Gasteiger charge is -2.36. The maximum atomic E-state index is 13.0. The topological polar surface area (TPSA) is 83.4 Å². The van der Waals surface area contributed by atoms with Crippen LogP contribution in [-0.4, -0.2) is 63.4 Å². The van der Waals surface area contributed by atoms with Crippen LogP contribution >= 0.6 is 23.4 Å². The van der Waals surface area contributed by atoms with Gasteiger partial charge in [-0.2, -0.15) is 0 Å². The fourth-order valence-electron chi connectivity index (χ4n) is 3.48. The van der Waals surface area contributed by atoms with E-state index in [0.29, 0.717) is 34.5 Å². The molecule has 1 saturated heterocycles. The molecule has 2 amide bonds. The van der Waals surface area contributed by atoms with Crippen LogP contribution in [0.1, 0.15) is 10.4 Å². The highest BCUT2D eigenvalue weighted by atomic mass is 35.5. The van der Waals surface area contributed by atoms with E-state index in [1.807, 2.05) is 36.2 Å². The average Bonchev–Trinajstić information content (AvgIpc) is 3.22. The number of carbonyl (C=O) groups excluding carboxylic acids is 2. The number of halogens is 1. The molecular formula is C22H23ClN6O2S. The van der Waals surface area contributed by atoms with Crippen molar-refractivity contribution in [1.29, 1.82) is 0 Å². The molecule has 1 aliphatic heterocycles. The van der Waals surface area contributed by atoms with E-state index in [2.05, 4.69) is 20.4 Å². The van der Waals surface area contributed by atoms with E-state index in [4.69, 9.17) is 11.6 Å². The molecule has 8 nitrogen and oxygen atoms in total. The van der Waals surface area contributed by atoms with Gasteiger partial charge in [0.15, 0.2) is 5.16 Å². The van der Waals surface area contributed by atoms with E-state index in [9.17, 15) is 9.59 Å². The molecular weight excluding hydrogens is 448 g/mol. The number of carbonyl (C=O) groups is 2. The summed E-state index contributed by atoms with van der Waals surface area (Å²) < 4.78 is 1.75. The van der Waals surface area contributed by atoms with E-state index in [-0.39, 0.29) is 17.6 Å². The second-order valence-corrected chi connectivity index (χ2v) is 8.78. The zero-order valence-corrected chi connectivity index (χ0v) is 19.1. The smallest absolute Gasteiger partial charge is 0.254 e. The number of anilines is 2. The maximum absolute atomic E-state index is 13.0. The molecule has 0 bridgehead atoms. The van der Waals surface area contributed by atoms with Gasteiger partial charge in [-0.25, -0.2) is 0 Å². The van der Waals surface area contributed by atoms with Crippen LogP contribution in [0.25, 0.3) is 0 Å². The number of aryl methyl sites for hydroxylation is 1. The van der Waals surface area contributed by atoms with Crippen molar-refractivity contribution < 1.29 is 9.59 Å². The van der Waals surface area contributed by atoms with Crippen LogP contribution in [-0.2, 0) is 11.8 Å². The van der Waals surface area contributed by atoms with Crippen molar-refractivity contribution in [3.63, 3.8) is 0 Å². The molecule has 2 aromatic carbocycles. The largest absolute Gasteiger partial charge is 0.368 e. The molecule has 3 aromatic rings. The Labute approximate surface area is 195 Å². The van der Waals surface area contributed by atoms with E-state index < -0.39 is 0 Å². The van der Waals surface area contributed by atoms with Crippen LogP contribution in [0.4, 0.5) is 11.4 Å². The van der Waals surface area contributed by atoms with Gasteiger partial charge in [0, 0.05) is 55.2 Å². The lowest BCUT2D eigenvalue weighted by molar-refractivity contribution is -0.113. The Morgan fingerprint density at radius 2 is 1.88 bits per heavy atom. The molecule has 166 valence electrons. The predicted molar refractivity (Wildman–Crippen MR) is 126 cm³/mol. The molecule has 0 saturated carbocycles. The molecule has 0 spiro atoms. The lowest BCUT2D eigenvalue weighted by atomic mass is 10.1. The summed E-state index contributed by atoms with van der Waals surface area (Å²) in [5, 5.41) is 12.0. The number of nitrogens with one attached hydrogen (secondary N) is 1. The SMILES string of the molecule is Cn1cnnc1SCC(=O)Nc1cccc(C(=O)N2CCN(c3cccc(Cl)c3)CC2)c1. The van der Waals surface area contributed by atoms with Crippen molar-refractivity contribution in [2.45, 2.75) is 5.16 Å². The van der Waals surface area contributed by atoms with E-state index in [1.54, 1.807) is 35.2 Å². The van der Waals surface area contributed by atoms with Gasteiger partial charge < -0.3 is 19.7 Å². The number of aromatic nitrogens is 3. The predicted octanol–water partition coefficient (Wildman–Crippen LogP) is 3.16. The number of amides is 2. The highest BCUT2D eigenvalue weighted by Crippen LogP contribution is 2.22. The maximum Gasteiger partial charge on any atom is 0.254 e. The number of benzene rings is 2. The highest BCUT2D eigenvalue weighted by Gasteiger charge is 2.22. The van der Waals surface area contributed by atoms with Crippen molar-refractivity contribution in [3.8, 4) is 0 Å². The summed E-state index contributed by atoms with van der Waals surface area (Å²) >= 11 is 7.40. The Balaban J connectivity index is 1.32. The normalized spacial score (nSPS) is 13.8.